The summed E-state index contributed by atoms with van der Waals surface area (Å²) < 4.78 is 0. The SMILES string of the molecule is CSCC(C)N(C)Cc1ccc2c(c1)CNCC2. The Kier molecular flexibility index (Phi) is 5.10. The van der Waals surface area contributed by atoms with Gasteiger partial charge in [0, 0.05) is 24.9 Å². The molecule has 2 rings (SSSR count). The van der Waals surface area contributed by atoms with Crippen molar-refractivity contribution < 1.29 is 0 Å². The number of hydrogen-bond donors (Lipinski definition) is 1. The van der Waals surface area contributed by atoms with Crippen molar-refractivity contribution in [3.8, 4) is 0 Å². The number of nitrogens with one attached hydrogen (secondary N) is 1. The van der Waals surface area contributed by atoms with Gasteiger partial charge in [-0.1, -0.05) is 18.2 Å². The van der Waals surface area contributed by atoms with Crippen LogP contribution in [0.1, 0.15) is 23.6 Å². The third-order valence-electron chi connectivity index (χ3n) is 3.75. The summed E-state index contributed by atoms with van der Waals surface area (Å²) in [6, 6.07) is 7.63. The molecule has 2 nitrogen and oxygen atoms in total. The lowest BCUT2D eigenvalue weighted by Gasteiger charge is -2.25. The number of fused-ring (bicyclic) bond motifs is 1. The summed E-state index contributed by atoms with van der Waals surface area (Å²) in [7, 11) is 2.22. The van der Waals surface area contributed by atoms with Crippen molar-refractivity contribution >= 4 is 11.8 Å². The zero-order valence-corrected chi connectivity index (χ0v) is 12.5. The van der Waals surface area contributed by atoms with Crippen LogP contribution in [0.2, 0.25) is 0 Å². The van der Waals surface area contributed by atoms with E-state index < -0.39 is 0 Å². The summed E-state index contributed by atoms with van der Waals surface area (Å²) >= 11 is 1.92. The molecule has 0 saturated heterocycles. The Morgan fingerprint density at radius 1 is 1.39 bits per heavy atom. The van der Waals surface area contributed by atoms with E-state index in [1.54, 1.807) is 0 Å². The molecule has 3 heteroatoms. The molecule has 1 aromatic carbocycles. The molecular weight excluding hydrogens is 240 g/mol. The molecule has 0 bridgehead atoms. The molecule has 0 fully saturated rings. The van der Waals surface area contributed by atoms with Crippen LogP contribution in [0, 0.1) is 0 Å². The Morgan fingerprint density at radius 3 is 3.00 bits per heavy atom. The minimum atomic E-state index is 0.633. The predicted octanol–water partition coefficient (Wildman–Crippen LogP) is 2.52. The van der Waals surface area contributed by atoms with Gasteiger partial charge in [0.15, 0.2) is 0 Å². The predicted molar refractivity (Wildman–Crippen MR) is 81.2 cm³/mol. The first-order valence-corrected chi connectivity index (χ1v) is 8.10. The van der Waals surface area contributed by atoms with Gasteiger partial charge < -0.3 is 5.32 Å². The Bertz CT molecular complexity index is 392. The number of rotatable bonds is 5. The van der Waals surface area contributed by atoms with E-state index in [2.05, 4.69) is 48.6 Å². The average molecular weight is 264 g/mol. The number of thioether (sulfide) groups is 1. The summed E-state index contributed by atoms with van der Waals surface area (Å²) in [5, 5.41) is 3.45. The van der Waals surface area contributed by atoms with Crippen molar-refractivity contribution in [2.75, 3.05) is 25.6 Å². The van der Waals surface area contributed by atoms with Crippen molar-refractivity contribution in [2.24, 2.45) is 0 Å². The van der Waals surface area contributed by atoms with Crippen LogP contribution in [0.5, 0.6) is 0 Å². The summed E-state index contributed by atoms with van der Waals surface area (Å²) in [6.07, 6.45) is 3.35. The number of nitrogens with zero attached hydrogens (tertiary/aromatic N) is 1. The molecule has 100 valence electrons. The molecule has 1 atom stereocenters. The van der Waals surface area contributed by atoms with Crippen LogP contribution in [0.3, 0.4) is 0 Å². The molecule has 0 aliphatic carbocycles. The van der Waals surface area contributed by atoms with Crippen LogP contribution < -0.4 is 5.32 Å². The third-order valence-corrected chi connectivity index (χ3v) is 4.57. The van der Waals surface area contributed by atoms with E-state index in [1.807, 2.05) is 11.8 Å². The fourth-order valence-corrected chi connectivity index (χ4v) is 3.18. The van der Waals surface area contributed by atoms with E-state index in [4.69, 9.17) is 0 Å². The van der Waals surface area contributed by atoms with Gasteiger partial charge in [0.05, 0.1) is 0 Å². The van der Waals surface area contributed by atoms with Crippen LogP contribution in [0.15, 0.2) is 18.2 Å². The van der Waals surface area contributed by atoms with Crippen LogP contribution in [-0.2, 0) is 19.5 Å². The van der Waals surface area contributed by atoms with Gasteiger partial charge in [-0.05, 0) is 49.9 Å². The molecule has 0 aromatic heterocycles. The van der Waals surface area contributed by atoms with Crippen LogP contribution >= 0.6 is 11.8 Å². The van der Waals surface area contributed by atoms with Gasteiger partial charge in [-0.2, -0.15) is 11.8 Å². The first-order chi connectivity index (χ1) is 8.70. The van der Waals surface area contributed by atoms with Gasteiger partial charge in [0.25, 0.3) is 0 Å². The maximum atomic E-state index is 3.45. The average Bonchev–Trinajstić information content (AvgIpc) is 2.39. The minimum Gasteiger partial charge on any atom is -0.312 e. The van der Waals surface area contributed by atoms with E-state index in [1.165, 1.54) is 28.9 Å². The second-order valence-corrected chi connectivity index (χ2v) is 6.16. The molecule has 0 spiro atoms. The van der Waals surface area contributed by atoms with Gasteiger partial charge in [-0.25, -0.2) is 0 Å². The zero-order chi connectivity index (χ0) is 13.0. The van der Waals surface area contributed by atoms with Crippen molar-refractivity contribution in [1.29, 1.82) is 0 Å². The smallest absolute Gasteiger partial charge is 0.0233 e. The minimum absolute atomic E-state index is 0.633. The lowest BCUT2D eigenvalue weighted by Crippen LogP contribution is -2.30. The molecule has 1 unspecified atom stereocenters. The lowest BCUT2D eigenvalue weighted by molar-refractivity contribution is 0.269. The first-order valence-electron chi connectivity index (χ1n) is 6.71. The highest BCUT2D eigenvalue weighted by Gasteiger charge is 2.12. The Morgan fingerprint density at radius 2 is 2.22 bits per heavy atom. The maximum Gasteiger partial charge on any atom is 0.0233 e. The standard InChI is InChI=1S/C15H24N2S/c1-12(11-18-3)17(2)10-13-4-5-14-6-7-16-9-15(14)8-13/h4-5,8,12,16H,6-7,9-11H2,1-3H3. The molecule has 1 aliphatic heterocycles. The molecule has 18 heavy (non-hydrogen) atoms. The number of hydrogen-bond acceptors (Lipinski definition) is 3. The summed E-state index contributed by atoms with van der Waals surface area (Å²) in [6.45, 7) is 5.51. The van der Waals surface area contributed by atoms with Crippen LogP contribution in [0.25, 0.3) is 0 Å². The fourth-order valence-electron chi connectivity index (χ4n) is 2.44. The Labute approximate surface area is 115 Å². The lowest BCUT2D eigenvalue weighted by atomic mass is 9.98. The quantitative estimate of drug-likeness (QED) is 0.880. The van der Waals surface area contributed by atoms with E-state index >= 15 is 0 Å². The van der Waals surface area contributed by atoms with Crippen LogP contribution in [-0.4, -0.2) is 36.5 Å². The Balaban J connectivity index is 2.01. The van der Waals surface area contributed by atoms with E-state index in [-0.39, 0.29) is 0 Å². The second-order valence-electron chi connectivity index (χ2n) is 5.25. The van der Waals surface area contributed by atoms with Gasteiger partial charge in [0.2, 0.25) is 0 Å². The van der Waals surface area contributed by atoms with Crippen molar-refractivity contribution in [3.05, 3.63) is 34.9 Å². The summed E-state index contributed by atoms with van der Waals surface area (Å²) in [4.78, 5) is 2.44. The summed E-state index contributed by atoms with van der Waals surface area (Å²) in [5.74, 6) is 1.20. The second kappa shape index (κ2) is 6.60. The normalized spacial score (nSPS) is 16.7. The van der Waals surface area contributed by atoms with Crippen molar-refractivity contribution in [2.45, 2.75) is 32.5 Å². The molecule has 1 N–H and O–H groups in total. The van der Waals surface area contributed by atoms with E-state index in [9.17, 15) is 0 Å². The maximum absolute atomic E-state index is 3.45. The molecular formula is C15H24N2S. The van der Waals surface area contributed by atoms with Crippen LogP contribution in [0.4, 0.5) is 0 Å². The number of benzene rings is 1. The zero-order valence-electron chi connectivity index (χ0n) is 11.7. The van der Waals surface area contributed by atoms with Gasteiger partial charge in [-0.3, -0.25) is 4.90 Å². The molecule has 1 aliphatic rings. The fraction of sp³-hybridized carbons (Fsp3) is 0.600. The Hall–Kier alpha value is -0.510. The molecule has 1 heterocycles. The van der Waals surface area contributed by atoms with E-state index in [0.29, 0.717) is 6.04 Å². The van der Waals surface area contributed by atoms with Crippen molar-refractivity contribution in [1.82, 2.24) is 10.2 Å². The monoisotopic (exact) mass is 264 g/mol. The van der Waals surface area contributed by atoms with Crippen molar-refractivity contribution in [3.63, 3.8) is 0 Å². The third kappa shape index (κ3) is 3.50. The molecule has 0 amide bonds. The molecule has 0 saturated carbocycles. The highest BCUT2D eigenvalue weighted by molar-refractivity contribution is 7.98. The topological polar surface area (TPSA) is 15.3 Å². The molecule has 1 aromatic rings. The van der Waals surface area contributed by atoms with Gasteiger partial charge in [-0.15, -0.1) is 0 Å². The largest absolute Gasteiger partial charge is 0.312 e. The first kappa shape index (κ1) is 13.9. The van der Waals surface area contributed by atoms with Gasteiger partial charge in [0.1, 0.15) is 0 Å². The summed E-state index contributed by atoms with van der Waals surface area (Å²) in [5.41, 5.74) is 4.45. The van der Waals surface area contributed by atoms with E-state index in [0.717, 1.165) is 19.6 Å². The highest BCUT2D eigenvalue weighted by Crippen LogP contribution is 2.17. The molecule has 0 radical (unpaired) electrons. The highest BCUT2D eigenvalue weighted by atomic mass is 32.2. The van der Waals surface area contributed by atoms with Gasteiger partial charge >= 0.3 is 0 Å².